The number of rotatable bonds is 9. The van der Waals surface area contributed by atoms with Gasteiger partial charge in [0.25, 0.3) is 0 Å². The van der Waals surface area contributed by atoms with Crippen LogP contribution in [0, 0.1) is 0 Å². The van der Waals surface area contributed by atoms with E-state index in [1.165, 1.54) is 11.8 Å². The molecule has 148 valence electrons. The van der Waals surface area contributed by atoms with E-state index in [0.29, 0.717) is 19.1 Å². The highest BCUT2D eigenvalue weighted by Crippen LogP contribution is 2.48. The van der Waals surface area contributed by atoms with Crippen molar-refractivity contribution >= 4 is 51.4 Å². The Balaban J connectivity index is 0.00000338. The van der Waals surface area contributed by atoms with Gasteiger partial charge in [-0.1, -0.05) is 23.7 Å². The number of sulfone groups is 1. The third-order valence-corrected chi connectivity index (χ3v) is 5.39. The normalized spacial score (nSPS) is 15.9. The quantitative estimate of drug-likeness (QED) is 0.228. The molecule has 0 atom stereocenters. The Kier molecular flexibility index (Phi) is 9.63. The second-order valence-corrected chi connectivity index (χ2v) is 9.08. The maximum atomic E-state index is 11.0. The lowest BCUT2D eigenvalue weighted by Gasteiger charge is -2.19. The first-order valence-electron chi connectivity index (χ1n) is 8.31. The zero-order valence-electron chi connectivity index (χ0n) is 15.1. The molecular formula is C17H27ClIN3O3S. The topological polar surface area (TPSA) is 79.8 Å². The van der Waals surface area contributed by atoms with Gasteiger partial charge in [0.05, 0.1) is 19.0 Å². The van der Waals surface area contributed by atoms with E-state index >= 15 is 0 Å². The summed E-state index contributed by atoms with van der Waals surface area (Å²) in [5.41, 5.74) is 1.39. The van der Waals surface area contributed by atoms with E-state index in [-0.39, 0.29) is 41.8 Å². The Morgan fingerprint density at radius 1 is 1.31 bits per heavy atom. The van der Waals surface area contributed by atoms with Crippen molar-refractivity contribution in [3.05, 3.63) is 34.9 Å². The van der Waals surface area contributed by atoms with E-state index in [0.717, 1.165) is 24.4 Å². The van der Waals surface area contributed by atoms with Crippen LogP contribution in [0.15, 0.2) is 29.3 Å². The minimum absolute atomic E-state index is 0. The van der Waals surface area contributed by atoms with Crippen molar-refractivity contribution in [2.75, 3.05) is 45.4 Å². The van der Waals surface area contributed by atoms with E-state index in [2.05, 4.69) is 21.7 Å². The molecule has 2 N–H and O–H groups in total. The fourth-order valence-electron chi connectivity index (χ4n) is 2.56. The predicted molar refractivity (Wildman–Crippen MR) is 118 cm³/mol. The zero-order valence-corrected chi connectivity index (χ0v) is 19.0. The third kappa shape index (κ3) is 7.98. The molecule has 0 radical (unpaired) electrons. The predicted octanol–water partition coefficient (Wildman–Crippen LogP) is 2.22. The highest BCUT2D eigenvalue weighted by Gasteiger charge is 2.44. The number of guanidine groups is 1. The Morgan fingerprint density at radius 3 is 2.62 bits per heavy atom. The van der Waals surface area contributed by atoms with Crippen molar-refractivity contribution in [2.45, 2.75) is 18.3 Å². The largest absolute Gasteiger partial charge is 0.379 e. The number of nitrogens with one attached hydrogen (secondary N) is 2. The number of hydrogen-bond acceptors (Lipinski definition) is 4. The lowest BCUT2D eigenvalue weighted by atomic mass is 9.96. The second-order valence-electron chi connectivity index (χ2n) is 6.39. The number of aliphatic imine (C=N–C) groups is 1. The summed E-state index contributed by atoms with van der Waals surface area (Å²) >= 11 is 6.10. The monoisotopic (exact) mass is 515 g/mol. The van der Waals surface area contributed by atoms with Crippen molar-refractivity contribution < 1.29 is 13.2 Å². The van der Waals surface area contributed by atoms with Gasteiger partial charge in [0.1, 0.15) is 9.84 Å². The molecule has 1 saturated carbocycles. The molecule has 0 unspecified atom stereocenters. The number of ether oxygens (including phenoxy) is 1. The highest BCUT2D eigenvalue weighted by molar-refractivity contribution is 14.0. The molecule has 9 heteroatoms. The molecule has 0 amide bonds. The highest BCUT2D eigenvalue weighted by atomic mass is 127. The first-order valence-corrected chi connectivity index (χ1v) is 10.7. The summed E-state index contributed by atoms with van der Waals surface area (Å²) in [6.45, 7) is 2.00. The molecule has 0 aromatic heterocycles. The van der Waals surface area contributed by atoms with E-state index in [4.69, 9.17) is 16.3 Å². The molecule has 2 rings (SSSR count). The van der Waals surface area contributed by atoms with Gasteiger partial charge in [0.2, 0.25) is 0 Å². The van der Waals surface area contributed by atoms with Gasteiger partial charge in [0, 0.05) is 36.8 Å². The molecule has 26 heavy (non-hydrogen) atoms. The van der Waals surface area contributed by atoms with Gasteiger partial charge in [-0.25, -0.2) is 8.42 Å². The standard InChI is InChI=1S/C17H26ClN3O3S.HI/c1-19-16(20-8-9-24-10-11-25(2,22)23)21-13-17(6-7-17)14-4-3-5-15(18)12-14;/h3-5,12H,6-11,13H2,1-2H3,(H2,19,20,21);1H. The van der Waals surface area contributed by atoms with Crippen LogP contribution in [0.2, 0.25) is 5.02 Å². The zero-order chi connectivity index (χ0) is 18.3. The summed E-state index contributed by atoms with van der Waals surface area (Å²) in [5.74, 6) is 0.752. The lowest BCUT2D eigenvalue weighted by molar-refractivity contribution is 0.154. The maximum absolute atomic E-state index is 11.0. The van der Waals surface area contributed by atoms with E-state index in [9.17, 15) is 8.42 Å². The van der Waals surface area contributed by atoms with Crippen LogP contribution in [0.25, 0.3) is 0 Å². The summed E-state index contributed by atoms with van der Waals surface area (Å²) in [5, 5.41) is 7.28. The number of hydrogen-bond donors (Lipinski definition) is 2. The van der Waals surface area contributed by atoms with Gasteiger partial charge in [-0.15, -0.1) is 24.0 Å². The van der Waals surface area contributed by atoms with Crippen molar-refractivity contribution in [1.29, 1.82) is 0 Å². The molecule has 0 heterocycles. The summed E-state index contributed by atoms with van der Waals surface area (Å²) in [6, 6.07) is 8.02. The summed E-state index contributed by atoms with van der Waals surface area (Å²) in [4.78, 5) is 4.20. The van der Waals surface area contributed by atoms with Crippen LogP contribution in [-0.2, 0) is 20.0 Å². The van der Waals surface area contributed by atoms with Gasteiger partial charge in [-0.3, -0.25) is 4.99 Å². The number of nitrogens with zero attached hydrogens (tertiary/aromatic N) is 1. The first kappa shape index (κ1) is 23.5. The molecule has 1 aliphatic carbocycles. The average Bonchev–Trinajstić information content (AvgIpc) is 3.34. The van der Waals surface area contributed by atoms with Gasteiger partial charge in [0.15, 0.2) is 5.96 Å². The van der Waals surface area contributed by atoms with Crippen LogP contribution in [0.3, 0.4) is 0 Å². The molecule has 1 aromatic rings. The van der Waals surface area contributed by atoms with E-state index < -0.39 is 9.84 Å². The van der Waals surface area contributed by atoms with Crippen LogP contribution < -0.4 is 10.6 Å². The van der Waals surface area contributed by atoms with Crippen LogP contribution >= 0.6 is 35.6 Å². The molecule has 0 spiro atoms. The second kappa shape index (κ2) is 10.7. The van der Waals surface area contributed by atoms with Gasteiger partial charge >= 0.3 is 0 Å². The third-order valence-electron chi connectivity index (χ3n) is 4.25. The molecule has 0 saturated heterocycles. The average molecular weight is 516 g/mol. The minimum Gasteiger partial charge on any atom is -0.379 e. The van der Waals surface area contributed by atoms with Crippen molar-refractivity contribution in [2.24, 2.45) is 4.99 Å². The molecule has 1 aromatic carbocycles. The van der Waals surface area contributed by atoms with Gasteiger partial charge in [-0.2, -0.15) is 0 Å². The first-order chi connectivity index (χ1) is 11.8. The van der Waals surface area contributed by atoms with Gasteiger partial charge in [-0.05, 0) is 30.5 Å². The molecule has 0 bridgehead atoms. The van der Waals surface area contributed by atoms with Crippen LogP contribution in [0.4, 0.5) is 0 Å². The summed E-state index contributed by atoms with van der Waals surface area (Å²) in [7, 11) is -1.25. The summed E-state index contributed by atoms with van der Waals surface area (Å²) < 4.78 is 27.3. The van der Waals surface area contributed by atoms with E-state index in [1.54, 1.807) is 7.05 Å². The molecular weight excluding hydrogens is 489 g/mol. The number of benzene rings is 1. The van der Waals surface area contributed by atoms with Gasteiger partial charge < -0.3 is 15.4 Å². The fraction of sp³-hybridized carbons (Fsp3) is 0.588. The Bertz CT molecular complexity index is 709. The molecule has 1 fully saturated rings. The molecule has 6 nitrogen and oxygen atoms in total. The smallest absolute Gasteiger partial charge is 0.191 e. The SMILES string of the molecule is CN=C(NCCOCCS(C)(=O)=O)NCC1(c2cccc(Cl)c2)CC1.I. The molecule has 0 aliphatic heterocycles. The Hall–Kier alpha value is -0.580. The van der Waals surface area contributed by atoms with Crippen molar-refractivity contribution in [3.8, 4) is 0 Å². The minimum atomic E-state index is -2.97. The summed E-state index contributed by atoms with van der Waals surface area (Å²) in [6.07, 6.45) is 3.46. The Labute approximate surface area is 178 Å². The maximum Gasteiger partial charge on any atom is 0.191 e. The van der Waals surface area contributed by atoms with Crippen LogP contribution in [0.1, 0.15) is 18.4 Å². The van der Waals surface area contributed by atoms with E-state index in [1.807, 2.05) is 18.2 Å². The van der Waals surface area contributed by atoms with Crippen molar-refractivity contribution in [1.82, 2.24) is 10.6 Å². The van der Waals surface area contributed by atoms with Crippen LogP contribution in [0.5, 0.6) is 0 Å². The Morgan fingerprint density at radius 2 is 2.04 bits per heavy atom. The lowest BCUT2D eigenvalue weighted by Crippen LogP contribution is -2.42. The molecule has 1 aliphatic rings. The fourth-order valence-corrected chi connectivity index (χ4v) is 3.18. The van der Waals surface area contributed by atoms with Crippen molar-refractivity contribution in [3.63, 3.8) is 0 Å². The number of halogens is 2. The van der Waals surface area contributed by atoms with Crippen LogP contribution in [-0.4, -0.2) is 59.7 Å².